The number of aryl methyl sites for hydroxylation is 1. The summed E-state index contributed by atoms with van der Waals surface area (Å²) in [4.78, 5) is 19.0. The molecule has 0 aliphatic rings. The third-order valence-corrected chi connectivity index (χ3v) is 3.98. The van der Waals surface area contributed by atoms with Gasteiger partial charge in [0.15, 0.2) is 0 Å². The van der Waals surface area contributed by atoms with Crippen LogP contribution < -0.4 is 10.3 Å². The standard InChI is InChI=1S/C15H14N2O2S/c1-2-10-5-3-4-6-12(10)19-9-13-16-11-7-8-20-14(11)15(18)17-13/h3-8H,2,9H2,1H3,(H,16,17,18). The number of hydrogen-bond donors (Lipinski definition) is 1. The zero-order valence-corrected chi connectivity index (χ0v) is 11.9. The molecule has 0 atom stereocenters. The Morgan fingerprint density at radius 3 is 3.00 bits per heavy atom. The Morgan fingerprint density at radius 1 is 1.30 bits per heavy atom. The van der Waals surface area contributed by atoms with E-state index in [-0.39, 0.29) is 12.2 Å². The molecule has 0 saturated heterocycles. The second kappa shape index (κ2) is 5.46. The van der Waals surface area contributed by atoms with E-state index in [1.54, 1.807) is 0 Å². The summed E-state index contributed by atoms with van der Waals surface area (Å²) in [6.45, 7) is 2.35. The summed E-state index contributed by atoms with van der Waals surface area (Å²) >= 11 is 1.40. The van der Waals surface area contributed by atoms with Crippen molar-refractivity contribution in [2.75, 3.05) is 0 Å². The molecule has 2 heterocycles. The van der Waals surface area contributed by atoms with Gasteiger partial charge in [0.1, 0.15) is 22.9 Å². The van der Waals surface area contributed by atoms with Crippen molar-refractivity contribution >= 4 is 21.6 Å². The first-order valence-electron chi connectivity index (χ1n) is 6.45. The van der Waals surface area contributed by atoms with Crippen LogP contribution in [0.3, 0.4) is 0 Å². The summed E-state index contributed by atoms with van der Waals surface area (Å²) in [6.07, 6.45) is 0.906. The SMILES string of the molecule is CCc1ccccc1OCc1nc2ccsc2c(=O)[nH]1. The molecule has 0 unspecified atom stereocenters. The van der Waals surface area contributed by atoms with E-state index in [1.165, 1.54) is 11.3 Å². The number of benzene rings is 1. The molecule has 0 fully saturated rings. The molecule has 0 bridgehead atoms. The maximum Gasteiger partial charge on any atom is 0.268 e. The summed E-state index contributed by atoms with van der Waals surface area (Å²) in [5.41, 5.74) is 1.76. The number of aromatic amines is 1. The van der Waals surface area contributed by atoms with Crippen LogP contribution >= 0.6 is 11.3 Å². The molecule has 3 aromatic rings. The average Bonchev–Trinajstić information content (AvgIpc) is 2.94. The second-order valence-electron chi connectivity index (χ2n) is 4.40. The Labute approximate surface area is 120 Å². The Balaban J connectivity index is 1.85. The molecule has 1 aromatic carbocycles. The van der Waals surface area contributed by atoms with Gasteiger partial charge < -0.3 is 9.72 Å². The van der Waals surface area contributed by atoms with Gasteiger partial charge in [-0.3, -0.25) is 4.79 Å². The molecule has 0 radical (unpaired) electrons. The van der Waals surface area contributed by atoms with Crippen LogP contribution in [0.4, 0.5) is 0 Å². The van der Waals surface area contributed by atoms with E-state index >= 15 is 0 Å². The van der Waals surface area contributed by atoms with Crippen LogP contribution in [0.5, 0.6) is 5.75 Å². The van der Waals surface area contributed by atoms with Gasteiger partial charge in [-0.2, -0.15) is 0 Å². The van der Waals surface area contributed by atoms with Crippen LogP contribution in [0.25, 0.3) is 10.2 Å². The molecule has 2 aromatic heterocycles. The molecule has 3 rings (SSSR count). The van der Waals surface area contributed by atoms with Gasteiger partial charge in [0.25, 0.3) is 5.56 Å². The molecule has 1 N–H and O–H groups in total. The maximum atomic E-state index is 11.9. The topological polar surface area (TPSA) is 55.0 Å². The first-order valence-corrected chi connectivity index (χ1v) is 7.33. The Kier molecular flexibility index (Phi) is 3.52. The number of nitrogens with zero attached hydrogens (tertiary/aromatic N) is 1. The zero-order valence-electron chi connectivity index (χ0n) is 11.1. The van der Waals surface area contributed by atoms with Crippen molar-refractivity contribution in [3.63, 3.8) is 0 Å². The van der Waals surface area contributed by atoms with E-state index in [1.807, 2.05) is 35.7 Å². The molecular formula is C15H14N2O2S. The lowest BCUT2D eigenvalue weighted by molar-refractivity contribution is 0.293. The van der Waals surface area contributed by atoms with Crippen molar-refractivity contribution < 1.29 is 4.74 Å². The van der Waals surface area contributed by atoms with Crippen molar-refractivity contribution in [3.05, 3.63) is 57.5 Å². The number of hydrogen-bond acceptors (Lipinski definition) is 4. The van der Waals surface area contributed by atoms with E-state index in [2.05, 4.69) is 16.9 Å². The first-order chi connectivity index (χ1) is 9.78. The van der Waals surface area contributed by atoms with Crippen LogP contribution in [-0.4, -0.2) is 9.97 Å². The lowest BCUT2D eigenvalue weighted by atomic mass is 10.1. The number of rotatable bonds is 4. The highest BCUT2D eigenvalue weighted by atomic mass is 32.1. The van der Waals surface area contributed by atoms with E-state index in [0.29, 0.717) is 10.5 Å². The fraction of sp³-hybridized carbons (Fsp3) is 0.200. The number of ether oxygens (including phenoxy) is 1. The predicted octanol–water partition coefficient (Wildman–Crippen LogP) is 3.13. The van der Waals surface area contributed by atoms with Crippen molar-refractivity contribution in [3.8, 4) is 5.75 Å². The molecule has 102 valence electrons. The molecule has 0 spiro atoms. The van der Waals surface area contributed by atoms with Gasteiger partial charge in [-0.15, -0.1) is 11.3 Å². The summed E-state index contributed by atoms with van der Waals surface area (Å²) in [7, 11) is 0. The minimum atomic E-state index is -0.104. The highest BCUT2D eigenvalue weighted by molar-refractivity contribution is 7.17. The maximum absolute atomic E-state index is 11.9. The van der Waals surface area contributed by atoms with Crippen molar-refractivity contribution in [1.29, 1.82) is 0 Å². The molecule has 0 aliphatic heterocycles. The van der Waals surface area contributed by atoms with Gasteiger partial charge in [-0.05, 0) is 29.5 Å². The summed E-state index contributed by atoms with van der Waals surface area (Å²) in [6, 6.07) is 9.74. The van der Waals surface area contributed by atoms with E-state index in [9.17, 15) is 4.79 Å². The number of para-hydroxylation sites is 1. The average molecular weight is 286 g/mol. The Bertz CT molecular complexity index is 792. The van der Waals surface area contributed by atoms with E-state index in [4.69, 9.17) is 4.74 Å². The lowest BCUT2D eigenvalue weighted by Crippen LogP contribution is -2.12. The second-order valence-corrected chi connectivity index (χ2v) is 5.31. The molecule has 0 amide bonds. The van der Waals surface area contributed by atoms with Gasteiger partial charge in [0.05, 0.1) is 5.52 Å². The Morgan fingerprint density at radius 2 is 2.15 bits per heavy atom. The minimum absolute atomic E-state index is 0.104. The number of nitrogens with one attached hydrogen (secondary N) is 1. The number of fused-ring (bicyclic) bond motifs is 1. The summed E-state index contributed by atoms with van der Waals surface area (Å²) in [5, 5.41) is 1.87. The van der Waals surface area contributed by atoms with Crippen molar-refractivity contribution in [1.82, 2.24) is 9.97 Å². The molecule has 4 nitrogen and oxygen atoms in total. The normalized spacial score (nSPS) is 10.8. The van der Waals surface area contributed by atoms with E-state index in [0.717, 1.165) is 23.3 Å². The van der Waals surface area contributed by atoms with Crippen LogP contribution in [0, 0.1) is 0 Å². The summed E-state index contributed by atoms with van der Waals surface area (Å²) < 4.78 is 6.42. The highest BCUT2D eigenvalue weighted by Gasteiger charge is 2.06. The Hall–Kier alpha value is -2.14. The van der Waals surface area contributed by atoms with Crippen molar-refractivity contribution in [2.45, 2.75) is 20.0 Å². The number of thiophene rings is 1. The fourth-order valence-electron chi connectivity index (χ4n) is 2.07. The predicted molar refractivity (Wildman–Crippen MR) is 80.4 cm³/mol. The van der Waals surface area contributed by atoms with Crippen molar-refractivity contribution in [2.24, 2.45) is 0 Å². The highest BCUT2D eigenvalue weighted by Crippen LogP contribution is 2.19. The van der Waals surface area contributed by atoms with Crippen LogP contribution in [-0.2, 0) is 13.0 Å². The monoisotopic (exact) mass is 286 g/mol. The molecular weight excluding hydrogens is 272 g/mol. The fourth-order valence-corrected chi connectivity index (χ4v) is 2.80. The third-order valence-electron chi connectivity index (χ3n) is 3.08. The van der Waals surface area contributed by atoms with Gasteiger partial charge in [0.2, 0.25) is 0 Å². The van der Waals surface area contributed by atoms with Gasteiger partial charge >= 0.3 is 0 Å². The molecule has 20 heavy (non-hydrogen) atoms. The summed E-state index contributed by atoms with van der Waals surface area (Å²) in [5.74, 6) is 1.38. The number of H-pyrrole nitrogens is 1. The van der Waals surface area contributed by atoms with Gasteiger partial charge in [-0.1, -0.05) is 25.1 Å². The zero-order chi connectivity index (χ0) is 13.9. The minimum Gasteiger partial charge on any atom is -0.485 e. The van der Waals surface area contributed by atoms with Crippen LogP contribution in [0.1, 0.15) is 18.3 Å². The van der Waals surface area contributed by atoms with E-state index < -0.39 is 0 Å². The van der Waals surface area contributed by atoms with Gasteiger partial charge in [0, 0.05) is 0 Å². The van der Waals surface area contributed by atoms with Crippen LogP contribution in [0.15, 0.2) is 40.5 Å². The van der Waals surface area contributed by atoms with Crippen LogP contribution in [0.2, 0.25) is 0 Å². The first kappa shape index (κ1) is 12.9. The largest absolute Gasteiger partial charge is 0.485 e. The molecule has 0 saturated carbocycles. The smallest absolute Gasteiger partial charge is 0.268 e. The lowest BCUT2D eigenvalue weighted by Gasteiger charge is -2.09. The molecule has 5 heteroatoms. The molecule has 0 aliphatic carbocycles. The third kappa shape index (κ3) is 2.44. The van der Waals surface area contributed by atoms with Gasteiger partial charge in [-0.25, -0.2) is 4.98 Å². The number of aromatic nitrogens is 2. The quantitative estimate of drug-likeness (QED) is 0.801.